The van der Waals surface area contributed by atoms with Gasteiger partial charge >= 0.3 is 0 Å². The highest BCUT2D eigenvalue weighted by atomic mass is 16.5. The first-order valence-electron chi connectivity index (χ1n) is 5.36. The fourth-order valence-corrected chi connectivity index (χ4v) is 1.24. The van der Waals surface area contributed by atoms with Crippen molar-refractivity contribution in [2.24, 2.45) is 5.10 Å². The number of nitrogens with one attached hydrogen (secondary N) is 1. The van der Waals surface area contributed by atoms with E-state index in [1.807, 2.05) is 6.92 Å². The molecule has 17 heavy (non-hydrogen) atoms. The summed E-state index contributed by atoms with van der Waals surface area (Å²) in [5.41, 5.74) is 3.14. The summed E-state index contributed by atoms with van der Waals surface area (Å²) in [4.78, 5) is 11.1. The van der Waals surface area contributed by atoms with Crippen LogP contribution in [0.5, 0.6) is 11.5 Å². The number of phenols is 1. The van der Waals surface area contributed by atoms with Gasteiger partial charge in [0.25, 0.3) is 0 Å². The number of nitrogens with zero attached hydrogens (tertiary/aromatic N) is 1. The van der Waals surface area contributed by atoms with Crippen molar-refractivity contribution >= 4 is 12.1 Å². The predicted molar refractivity (Wildman–Crippen MR) is 65.3 cm³/mol. The lowest BCUT2D eigenvalue weighted by Crippen LogP contribution is -2.16. The van der Waals surface area contributed by atoms with Gasteiger partial charge in [-0.3, -0.25) is 4.79 Å². The van der Waals surface area contributed by atoms with Crippen molar-refractivity contribution in [2.45, 2.75) is 19.8 Å². The molecule has 0 saturated carbocycles. The van der Waals surface area contributed by atoms with Crippen LogP contribution in [0.4, 0.5) is 0 Å². The van der Waals surface area contributed by atoms with Crippen molar-refractivity contribution in [2.75, 3.05) is 7.11 Å². The summed E-state index contributed by atoms with van der Waals surface area (Å²) < 4.78 is 4.95. The maximum absolute atomic E-state index is 11.1. The number of rotatable bonds is 5. The molecule has 0 aromatic heterocycles. The third-order valence-corrected chi connectivity index (χ3v) is 2.08. The zero-order valence-corrected chi connectivity index (χ0v) is 9.93. The Hall–Kier alpha value is -2.04. The minimum Gasteiger partial charge on any atom is -0.504 e. The largest absolute Gasteiger partial charge is 0.504 e. The lowest BCUT2D eigenvalue weighted by Gasteiger charge is -2.03. The Kier molecular flexibility index (Phi) is 5.00. The number of benzene rings is 1. The smallest absolute Gasteiger partial charge is 0.240 e. The predicted octanol–water partition coefficient (Wildman–Crippen LogP) is 1.65. The minimum atomic E-state index is -0.116. The zero-order valence-electron chi connectivity index (χ0n) is 9.93. The van der Waals surface area contributed by atoms with E-state index in [4.69, 9.17) is 4.74 Å². The number of methoxy groups -OCH3 is 1. The molecule has 2 N–H and O–H groups in total. The SMILES string of the molecule is CCCC(=O)N/N=C/c1ccc(O)c(OC)c1. The lowest BCUT2D eigenvalue weighted by molar-refractivity contribution is -0.121. The maximum Gasteiger partial charge on any atom is 0.240 e. The van der Waals surface area contributed by atoms with Crippen LogP contribution in [-0.2, 0) is 4.79 Å². The molecule has 0 aliphatic heterocycles. The molecule has 0 atom stereocenters. The number of ether oxygens (including phenoxy) is 1. The van der Waals surface area contributed by atoms with E-state index in [2.05, 4.69) is 10.5 Å². The van der Waals surface area contributed by atoms with E-state index in [1.165, 1.54) is 19.4 Å². The molecule has 1 rings (SSSR count). The summed E-state index contributed by atoms with van der Waals surface area (Å²) >= 11 is 0. The Balaban J connectivity index is 2.62. The standard InChI is InChI=1S/C12H16N2O3/c1-3-4-12(16)14-13-8-9-5-6-10(15)11(7-9)17-2/h5-8,15H,3-4H2,1-2H3,(H,14,16)/b13-8+. The second kappa shape index (κ2) is 6.52. The number of hydrogen-bond acceptors (Lipinski definition) is 4. The number of carbonyl (C=O) groups is 1. The van der Waals surface area contributed by atoms with Gasteiger partial charge in [0.2, 0.25) is 5.91 Å². The lowest BCUT2D eigenvalue weighted by atomic mass is 10.2. The van der Waals surface area contributed by atoms with Crippen molar-refractivity contribution < 1.29 is 14.6 Å². The topological polar surface area (TPSA) is 70.9 Å². The molecule has 1 aromatic carbocycles. The van der Waals surface area contributed by atoms with Gasteiger partial charge in [-0.2, -0.15) is 5.10 Å². The highest BCUT2D eigenvalue weighted by Crippen LogP contribution is 2.25. The summed E-state index contributed by atoms with van der Waals surface area (Å²) in [7, 11) is 1.47. The molecule has 1 aromatic rings. The second-order valence-corrected chi connectivity index (χ2v) is 3.47. The van der Waals surface area contributed by atoms with E-state index in [-0.39, 0.29) is 11.7 Å². The fourth-order valence-electron chi connectivity index (χ4n) is 1.24. The molecule has 0 aliphatic rings. The van der Waals surface area contributed by atoms with Gasteiger partial charge in [0.05, 0.1) is 13.3 Å². The van der Waals surface area contributed by atoms with Gasteiger partial charge < -0.3 is 9.84 Å². The van der Waals surface area contributed by atoms with Crippen LogP contribution in [0.3, 0.4) is 0 Å². The van der Waals surface area contributed by atoms with Crippen LogP contribution in [0.1, 0.15) is 25.3 Å². The summed E-state index contributed by atoms with van der Waals surface area (Å²) in [6, 6.07) is 4.81. The molecule has 1 amide bonds. The molecule has 0 fully saturated rings. The average molecular weight is 236 g/mol. The first kappa shape index (κ1) is 13.0. The number of amides is 1. The van der Waals surface area contributed by atoms with Crippen LogP contribution >= 0.6 is 0 Å². The van der Waals surface area contributed by atoms with E-state index in [0.717, 1.165) is 12.0 Å². The molecule has 0 spiro atoms. The summed E-state index contributed by atoms with van der Waals surface area (Å²) in [5.74, 6) is 0.322. The van der Waals surface area contributed by atoms with Crippen molar-refractivity contribution in [3.8, 4) is 11.5 Å². The molecule has 0 aliphatic carbocycles. The summed E-state index contributed by atoms with van der Waals surface area (Å²) in [5, 5.41) is 13.2. The molecule has 0 radical (unpaired) electrons. The van der Waals surface area contributed by atoms with Gasteiger partial charge in [-0.25, -0.2) is 5.43 Å². The van der Waals surface area contributed by atoms with Crippen molar-refractivity contribution in [1.29, 1.82) is 0 Å². The van der Waals surface area contributed by atoms with Gasteiger partial charge in [-0.15, -0.1) is 0 Å². The number of hydrogen-bond donors (Lipinski definition) is 2. The quantitative estimate of drug-likeness (QED) is 0.603. The van der Waals surface area contributed by atoms with Crippen LogP contribution in [0.25, 0.3) is 0 Å². The van der Waals surface area contributed by atoms with Gasteiger partial charge in [0, 0.05) is 6.42 Å². The highest BCUT2D eigenvalue weighted by Gasteiger charge is 2.01. The van der Waals surface area contributed by atoms with E-state index >= 15 is 0 Å². The van der Waals surface area contributed by atoms with Crippen molar-refractivity contribution in [1.82, 2.24) is 5.43 Å². The van der Waals surface area contributed by atoms with Crippen LogP contribution in [-0.4, -0.2) is 24.3 Å². The summed E-state index contributed by atoms with van der Waals surface area (Å²) in [6.07, 6.45) is 2.74. The molecule has 5 nitrogen and oxygen atoms in total. The molecule has 92 valence electrons. The molecular weight excluding hydrogens is 220 g/mol. The molecule has 0 saturated heterocycles. The first-order chi connectivity index (χ1) is 8.17. The van der Waals surface area contributed by atoms with Gasteiger partial charge in [-0.05, 0) is 30.2 Å². The third-order valence-electron chi connectivity index (χ3n) is 2.08. The average Bonchev–Trinajstić information content (AvgIpc) is 2.31. The zero-order chi connectivity index (χ0) is 12.7. The van der Waals surface area contributed by atoms with Crippen LogP contribution < -0.4 is 10.2 Å². The van der Waals surface area contributed by atoms with E-state index < -0.39 is 0 Å². The van der Waals surface area contributed by atoms with Crippen molar-refractivity contribution in [3.05, 3.63) is 23.8 Å². The number of carbonyl (C=O) groups excluding carboxylic acids is 1. The Morgan fingerprint density at radius 1 is 1.59 bits per heavy atom. The third kappa shape index (κ3) is 4.14. The van der Waals surface area contributed by atoms with Crippen LogP contribution in [0.15, 0.2) is 23.3 Å². The fraction of sp³-hybridized carbons (Fsp3) is 0.333. The van der Waals surface area contributed by atoms with Gasteiger partial charge in [0.15, 0.2) is 11.5 Å². The van der Waals surface area contributed by atoms with Gasteiger partial charge in [0.1, 0.15) is 0 Å². The molecular formula is C12H16N2O3. The van der Waals surface area contributed by atoms with E-state index in [0.29, 0.717) is 12.2 Å². The van der Waals surface area contributed by atoms with Gasteiger partial charge in [-0.1, -0.05) is 6.92 Å². The minimum absolute atomic E-state index is 0.0691. The highest BCUT2D eigenvalue weighted by molar-refractivity contribution is 5.83. The first-order valence-corrected chi connectivity index (χ1v) is 5.36. The Labute approximate surface area is 100 Å². The monoisotopic (exact) mass is 236 g/mol. The molecule has 5 heteroatoms. The Bertz CT molecular complexity index is 416. The normalized spacial score (nSPS) is 10.5. The van der Waals surface area contributed by atoms with Crippen LogP contribution in [0, 0.1) is 0 Å². The molecule has 0 heterocycles. The number of aromatic hydroxyl groups is 1. The molecule has 0 unspecified atom stereocenters. The van der Waals surface area contributed by atoms with E-state index in [1.54, 1.807) is 12.1 Å². The Morgan fingerprint density at radius 3 is 3.00 bits per heavy atom. The van der Waals surface area contributed by atoms with Crippen LogP contribution in [0.2, 0.25) is 0 Å². The number of phenolic OH excluding ortho intramolecular Hbond substituents is 1. The van der Waals surface area contributed by atoms with E-state index in [9.17, 15) is 9.90 Å². The summed E-state index contributed by atoms with van der Waals surface area (Å²) in [6.45, 7) is 1.92. The second-order valence-electron chi connectivity index (χ2n) is 3.47. The molecule has 0 bridgehead atoms. The van der Waals surface area contributed by atoms with Crippen molar-refractivity contribution in [3.63, 3.8) is 0 Å². The maximum atomic E-state index is 11.1. The Morgan fingerprint density at radius 2 is 2.35 bits per heavy atom. The number of hydrazone groups is 1.